The first kappa shape index (κ1) is 22.8. The van der Waals surface area contributed by atoms with Crippen molar-refractivity contribution in [3.8, 4) is 0 Å². The number of hydrogen-bond donors (Lipinski definition) is 2. The van der Waals surface area contributed by atoms with Gasteiger partial charge in [0.1, 0.15) is 5.76 Å². The number of anilines is 1. The van der Waals surface area contributed by atoms with Crippen molar-refractivity contribution in [1.82, 2.24) is 9.62 Å². The molecule has 0 unspecified atom stereocenters. The van der Waals surface area contributed by atoms with E-state index in [1.54, 1.807) is 66.7 Å². The number of benzene rings is 2. The standard InChI is InChI=1S/C24H25N3O5S/c28-23(18-8-6-14-27(17-18)33(30,31)20-10-2-1-3-11-20)26-22-13-5-4-12-21(22)24(29)25-16-19-9-7-15-32-19/h1-5,7,9-13,15,18H,6,8,14,16-17H2,(H,25,29)(H,26,28)/t18-/m0/s1. The molecule has 2 aromatic carbocycles. The van der Waals surface area contributed by atoms with Crippen molar-refractivity contribution < 1.29 is 22.4 Å². The number of amides is 2. The van der Waals surface area contributed by atoms with Gasteiger partial charge >= 0.3 is 0 Å². The van der Waals surface area contributed by atoms with Crippen LogP contribution in [0.2, 0.25) is 0 Å². The highest BCUT2D eigenvalue weighted by molar-refractivity contribution is 7.89. The fourth-order valence-electron chi connectivity index (χ4n) is 3.82. The number of hydrogen-bond acceptors (Lipinski definition) is 5. The second-order valence-electron chi connectivity index (χ2n) is 7.81. The Labute approximate surface area is 192 Å². The fraction of sp³-hybridized carbons (Fsp3) is 0.250. The van der Waals surface area contributed by atoms with Crippen LogP contribution in [-0.4, -0.2) is 37.6 Å². The summed E-state index contributed by atoms with van der Waals surface area (Å²) < 4.78 is 32.5. The highest BCUT2D eigenvalue weighted by Crippen LogP contribution is 2.25. The average Bonchev–Trinajstić information content (AvgIpc) is 3.37. The summed E-state index contributed by atoms with van der Waals surface area (Å²) in [6.07, 6.45) is 2.68. The van der Waals surface area contributed by atoms with E-state index < -0.39 is 15.9 Å². The summed E-state index contributed by atoms with van der Waals surface area (Å²) >= 11 is 0. The SMILES string of the molecule is O=C(NCc1ccco1)c1ccccc1NC(=O)[C@H]1CCCN(S(=O)(=O)c2ccccc2)C1. The molecule has 0 spiro atoms. The Morgan fingerprint density at radius 3 is 2.52 bits per heavy atom. The van der Waals surface area contributed by atoms with Crippen LogP contribution in [0.4, 0.5) is 5.69 Å². The minimum absolute atomic E-state index is 0.0932. The summed E-state index contributed by atoms with van der Waals surface area (Å²) in [4.78, 5) is 25.9. The van der Waals surface area contributed by atoms with Gasteiger partial charge in [0.2, 0.25) is 15.9 Å². The maximum atomic E-state index is 13.0. The van der Waals surface area contributed by atoms with E-state index in [2.05, 4.69) is 10.6 Å². The molecule has 0 radical (unpaired) electrons. The number of carbonyl (C=O) groups excluding carboxylic acids is 2. The second-order valence-corrected chi connectivity index (χ2v) is 9.75. The van der Waals surface area contributed by atoms with E-state index in [9.17, 15) is 18.0 Å². The predicted octanol–water partition coefficient (Wildman–Crippen LogP) is 3.25. The Morgan fingerprint density at radius 1 is 1.00 bits per heavy atom. The highest BCUT2D eigenvalue weighted by atomic mass is 32.2. The summed E-state index contributed by atoms with van der Waals surface area (Å²) in [5.41, 5.74) is 0.699. The molecule has 4 rings (SSSR count). The third kappa shape index (κ3) is 5.32. The first-order chi connectivity index (χ1) is 15.9. The molecule has 3 aromatic rings. The topological polar surface area (TPSA) is 109 Å². The summed E-state index contributed by atoms with van der Waals surface area (Å²) in [5.74, 6) is -0.559. The van der Waals surface area contributed by atoms with Crippen molar-refractivity contribution in [2.24, 2.45) is 5.92 Å². The molecule has 1 fully saturated rings. The average molecular weight is 468 g/mol. The molecule has 33 heavy (non-hydrogen) atoms. The van der Waals surface area contributed by atoms with Crippen LogP contribution in [0.15, 0.2) is 82.3 Å². The van der Waals surface area contributed by atoms with Crippen molar-refractivity contribution in [3.05, 3.63) is 84.3 Å². The van der Waals surface area contributed by atoms with Gasteiger partial charge in [-0.15, -0.1) is 0 Å². The number of piperidine rings is 1. The van der Waals surface area contributed by atoms with E-state index in [1.807, 2.05) is 0 Å². The van der Waals surface area contributed by atoms with Crippen LogP contribution in [-0.2, 0) is 21.4 Å². The Balaban J connectivity index is 1.43. The Hall–Kier alpha value is -3.43. The Kier molecular flexibility index (Phi) is 6.90. The summed E-state index contributed by atoms with van der Waals surface area (Å²) in [6, 6.07) is 18.4. The molecule has 2 amide bonds. The van der Waals surface area contributed by atoms with Crippen LogP contribution in [0.3, 0.4) is 0 Å². The molecule has 1 aliphatic rings. The number of rotatable bonds is 7. The molecule has 9 heteroatoms. The minimum atomic E-state index is -3.67. The lowest BCUT2D eigenvalue weighted by molar-refractivity contribution is -0.120. The van der Waals surface area contributed by atoms with Gasteiger partial charge in [-0.3, -0.25) is 9.59 Å². The van der Waals surface area contributed by atoms with Gasteiger partial charge in [0.15, 0.2) is 0 Å². The largest absolute Gasteiger partial charge is 0.467 e. The third-order valence-electron chi connectivity index (χ3n) is 5.57. The molecule has 0 bridgehead atoms. The van der Waals surface area contributed by atoms with Crippen molar-refractivity contribution in [3.63, 3.8) is 0 Å². The quantitative estimate of drug-likeness (QED) is 0.555. The molecule has 2 N–H and O–H groups in total. The molecular weight excluding hydrogens is 442 g/mol. The number of nitrogens with zero attached hydrogens (tertiary/aromatic N) is 1. The van der Waals surface area contributed by atoms with Gasteiger partial charge in [0.25, 0.3) is 5.91 Å². The normalized spacial score (nSPS) is 16.8. The van der Waals surface area contributed by atoms with Crippen LogP contribution < -0.4 is 10.6 Å². The van der Waals surface area contributed by atoms with Gasteiger partial charge in [-0.2, -0.15) is 4.31 Å². The minimum Gasteiger partial charge on any atom is -0.467 e. The third-order valence-corrected chi connectivity index (χ3v) is 7.45. The summed E-state index contributed by atoms with van der Waals surface area (Å²) in [6.45, 7) is 0.686. The first-order valence-electron chi connectivity index (χ1n) is 10.7. The zero-order valence-corrected chi connectivity index (χ0v) is 18.8. The van der Waals surface area contributed by atoms with Gasteiger partial charge in [0, 0.05) is 13.1 Å². The van der Waals surface area contributed by atoms with Gasteiger partial charge < -0.3 is 15.1 Å². The number of furan rings is 1. The van der Waals surface area contributed by atoms with Crippen LogP contribution in [0, 0.1) is 5.92 Å². The molecule has 172 valence electrons. The Bertz CT molecular complexity index is 1210. The zero-order chi connectivity index (χ0) is 23.3. The monoisotopic (exact) mass is 467 g/mol. The lowest BCUT2D eigenvalue weighted by Gasteiger charge is -2.31. The smallest absolute Gasteiger partial charge is 0.253 e. The number of para-hydroxylation sites is 1. The first-order valence-corrected chi connectivity index (χ1v) is 12.1. The van der Waals surface area contributed by atoms with E-state index in [0.29, 0.717) is 36.4 Å². The lowest BCUT2D eigenvalue weighted by Crippen LogP contribution is -2.43. The highest BCUT2D eigenvalue weighted by Gasteiger charge is 2.33. The summed E-state index contributed by atoms with van der Waals surface area (Å²) in [7, 11) is -3.67. The second kappa shape index (κ2) is 10.0. The van der Waals surface area contributed by atoms with Gasteiger partial charge in [-0.05, 0) is 49.2 Å². The predicted molar refractivity (Wildman–Crippen MR) is 123 cm³/mol. The molecule has 1 atom stereocenters. The number of nitrogens with one attached hydrogen (secondary N) is 2. The molecule has 0 aliphatic carbocycles. The van der Waals surface area contributed by atoms with Crippen molar-refractivity contribution in [1.29, 1.82) is 0 Å². The maximum Gasteiger partial charge on any atom is 0.253 e. The number of sulfonamides is 1. The number of carbonyl (C=O) groups is 2. The van der Waals surface area contributed by atoms with Crippen LogP contribution in [0.5, 0.6) is 0 Å². The molecule has 1 aliphatic heterocycles. The summed E-state index contributed by atoms with van der Waals surface area (Å²) in [5, 5.41) is 5.59. The van der Waals surface area contributed by atoms with Crippen LogP contribution >= 0.6 is 0 Å². The Morgan fingerprint density at radius 2 is 1.76 bits per heavy atom. The van der Waals surface area contributed by atoms with E-state index in [-0.39, 0.29) is 29.8 Å². The van der Waals surface area contributed by atoms with Gasteiger partial charge in [0.05, 0.1) is 34.9 Å². The lowest BCUT2D eigenvalue weighted by atomic mass is 9.98. The maximum absolute atomic E-state index is 13.0. The van der Waals surface area contributed by atoms with Crippen molar-refractivity contribution in [2.45, 2.75) is 24.3 Å². The fourth-order valence-corrected chi connectivity index (χ4v) is 5.36. The van der Waals surface area contributed by atoms with E-state index in [1.165, 1.54) is 10.6 Å². The van der Waals surface area contributed by atoms with Crippen LogP contribution in [0.1, 0.15) is 29.0 Å². The van der Waals surface area contributed by atoms with Gasteiger partial charge in [-0.25, -0.2) is 8.42 Å². The molecular formula is C24H25N3O5S. The molecule has 0 saturated carbocycles. The molecule has 1 aromatic heterocycles. The van der Waals surface area contributed by atoms with E-state index in [0.717, 1.165) is 0 Å². The van der Waals surface area contributed by atoms with Crippen molar-refractivity contribution >= 4 is 27.5 Å². The van der Waals surface area contributed by atoms with Gasteiger partial charge in [-0.1, -0.05) is 30.3 Å². The van der Waals surface area contributed by atoms with E-state index in [4.69, 9.17) is 4.42 Å². The molecule has 2 heterocycles. The molecule has 8 nitrogen and oxygen atoms in total. The zero-order valence-electron chi connectivity index (χ0n) is 17.9. The van der Waals surface area contributed by atoms with Crippen LogP contribution in [0.25, 0.3) is 0 Å². The van der Waals surface area contributed by atoms with Crippen molar-refractivity contribution in [2.75, 3.05) is 18.4 Å². The molecule has 1 saturated heterocycles. The van der Waals surface area contributed by atoms with E-state index >= 15 is 0 Å².